The van der Waals surface area contributed by atoms with Crippen LogP contribution in [0.15, 0.2) is 28.7 Å². The molecule has 0 saturated heterocycles. The molecule has 0 spiro atoms. The quantitative estimate of drug-likeness (QED) is 0.877. The van der Waals surface area contributed by atoms with Crippen LogP contribution in [0.5, 0.6) is 0 Å². The summed E-state index contributed by atoms with van der Waals surface area (Å²) in [5.74, 6) is 0.610. The van der Waals surface area contributed by atoms with Gasteiger partial charge < -0.3 is 9.73 Å². The summed E-state index contributed by atoms with van der Waals surface area (Å²) in [6, 6.07) is 9.22. The molecule has 0 aliphatic heterocycles. The van der Waals surface area contributed by atoms with Gasteiger partial charge >= 0.3 is 6.01 Å². The molecule has 5 nitrogen and oxygen atoms in total. The predicted octanol–water partition coefficient (Wildman–Crippen LogP) is 3.03. The van der Waals surface area contributed by atoms with Crippen molar-refractivity contribution in [3.63, 3.8) is 0 Å². The van der Waals surface area contributed by atoms with Crippen LogP contribution in [0.4, 0.5) is 11.7 Å². The molecule has 2 rings (SSSR count). The number of aromatic nitrogens is 2. The number of aryl methyl sites for hydroxylation is 1. The van der Waals surface area contributed by atoms with E-state index < -0.39 is 0 Å². The highest BCUT2D eigenvalue weighted by Gasteiger charge is 2.14. The fraction of sp³-hybridized carbons (Fsp3) is 0.467. The molecule has 5 heteroatoms. The van der Waals surface area contributed by atoms with Crippen LogP contribution in [0.2, 0.25) is 0 Å². The monoisotopic (exact) mass is 274 g/mol. The van der Waals surface area contributed by atoms with E-state index in [2.05, 4.69) is 67.5 Å². The van der Waals surface area contributed by atoms with E-state index >= 15 is 0 Å². The summed E-state index contributed by atoms with van der Waals surface area (Å²) >= 11 is 0. The standard InChI is InChI=1S/C15H22N4O/c1-5-19(13-8-6-12(4)7-9-13)15-18-17-14(20-15)10-16-11(2)3/h6-9,11,16H,5,10H2,1-4H3. The predicted molar refractivity (Wildman–Crippen MR) is 80.1 cm³/mol. The molecule has 0 saturated carbocycles. The molecule has 0 unspecified atom stereocenters. The molecule has 2 aromatic rings. The van der Waals surface area contributed by atoms with E-state index in [1.165, 1.54) is 5.56 Å². The van der Waals surface area contributed by atoms with Crippen molar-refractivity contribution >= 4 is 11.7 Å². The van der Waals surface area contributed by atoms with Gasteiger partial charge in [-0.2, -0.15) is 0 Å². The first-order chi connectivity index (χ1) is 9.60. The van der Waals surface area contributed by atoms with Crippen molar-refractivity contribution in [1.82, 2.24) is 15.5 Å². The van der Waals surface area contributed by atoms with Crippen LogP contribution < -0.4 is 10.2 Å². The molecule has 0 amide bonds. The maximum atomic E-state index is 5.71. The highest BCUT2D eigenvalue weighted by atomic mass is 16.4. The van der Waals surface area contributed by atoms with Gasteiger partial charge in [-0.25, -0.2) is 0 Å². The number of hydrogen-bond donors (Lipinski definition) is 1. The van der Waals surface area contributed by atoms with E-state index in [1.807, 2.05) is 4.90 Å². The highest BCUT2D eigenvalue weighted by molar-refractivity contribution is 5.56. The van der Waals surface area contributed by atoms with Gasteiger partial charge in [0.25, 0.3) is 0 Å². The Morgan fingerprint density at radius 1 is 1.20 bits per heavy atom. The first-order valence-electron chi connectivity index (χ1n) is 7.00. The van der Waals surface area contributed by atoms with Crippen molar-refractivity contribution in [2.75, 3.05) is 11.4 Å². The second kappa shape index (κ2) is 6.52. The van der Waals surface area contributed by atoms with Crippen LogP contribution in [-0.2, 0) is 6.54 Å². The SMILES string of the molecule is CCN(c1ccc(C)cc1)c1nnc(CNC(C)C)o1. The van der Waals surface area contributed by atoms with Gasteiger partial charge in [0, 0.05) is 18.3 Å². The Kier molecular flexibility index (Phi) is 4.74. The Bertz CT molecular complexity index is 533. The number of anilines is 2. The maximum absolute atomic E-state index is 5.71. The molecule has 0 fully saturated rings. The third kappa shape index (κ3) is 3.57. The van der Waals surface area contributed by atoms with E-state index in [0.29, 0.717) is 24.5 Å². The first-order valence-corrected chi connectivity index (χ1v) is 7.00. The van der Waals surface area contributed by atoms with Crippen LogP contribution in [-0.4, -0.2) is 22.8 Å². The average Bonchev–Trinajstić information content (AvgIpc) is 2.88. The van der Waals surface area contributed by atoms with Gasteiger partial charge in [-0.3, -0.25) is 4.90 Å². The Labute approximate surface area is 120 Å². The van der Waals surface area contributed by atoms with Gasteiger partial charge in [0.15, 0.2) is 0 Å². The third-order valence-corrected chi connectivity index (χ3v) is 3.01. The number of nitrogens with zero attached hydrogens (tertiary/aromatic N) is 3. The zero-order chi connectivity index (χ0) is 14.5. The van der Waals surface area contributed by atoms with Crippen molar-refractivity contribution < 1.29 is 4.42 Å². The Morgan fingerprint density at radius 2 is 1.90 bits per heavy atom. The fourth-order valence-corrected chi connectivity index (χ4v) is 1.87. The summed E-state index contributed by atoms with van der Waals surface area (Å²) in [5, 5.41) is 11.5. The van der Waals surface area contributed by atoms with E-state index in [1.54, 1.807) is 0 Å². The van der Waals surface area contributed by atoms with E-state index in [-0.39, 0.29) is 0 Å². The van der Waals surface area contributed by atoms with Gasteiger partial charge in [0.2, 0.25) is 5.89 Å². The summed E-state index contributed by atoms with van der Waals surface area (Å²) in [5.41, 5.74) is 2.29. The summed E-state index contributed by atoms with van der Waals surface area (Å²) in [4.78, 5) is 2.01. The minimum absolute atomic E-state index is 0.393. The Balaban J connectivity index is 2.13. The lowest BCUT2D eigenvalue weighted by Gasteiger charge is -2.18. The lowest BCUT2D eigenvalue weighted by Crippen LogP contribution is -2.22. The van der Waals surface area contributed by atoms with Gasteiger partial charge in [-0.05, 0) is 26.0 Å². The molecule has 0 radical (unpaired) electrons. The topological polar surface area (TPSA) is 54.2 Å². The van der Waals surface area contributed by atoms with Gasteiger partial charge in [-0.15, -0.1) is 5.10 Å². The summed E-state index contributed by atoms with van der Waals surface area (Å²) < 4.78 is 5.71. The minimum atomic E-state index is 0.393. The third-order valence-electron chi connectivity index (χ3n) is 3.01. The normalized spacial score (nSPS) is 11.1. The fourth-order valence-electron chi connectivity index (χ4n) is 1.87. The lowest BCUT2D eigenvalue weighted by molar-refractivity contribution is 0.453. The number of rotatable bonds is 6. The average molecular weight is 274 g/mol. The first kappa shape index (κ1) is 14.5. The van der Waals surface area contributed by atoms with Crippen molar-refractivity contribution in [2.24, 2.45) is 0 Å². The molecule has 0 aliphatic rings. The van der Waals surface area contributed by atoms with Crippen molar-refractivity contribution in [3.05, 3.63) is 35.7 Å². The minimum Gasteiger partial charge on any atom is -0.406 e. The molecular weight excluding hydrogens is 252 g/mol. The zero-order valence-corrected chi connectivity index (χ0v) is 12.6. The molecular formula is C15H22N4O. The summed E-state index contributed by atoms with van der Waals surface area (Å²) in [6.07, 6.45) is 0. The molecule has 1 aromatic heterocycles. The van der Waals surface area contributed by atoms with E-state index in [9.17, 15) is 0 Å². The molecule has 108 valence electrons. The number of benzene rings is 1. The zero-order valence-electron chi connectivity index (χ0n) is 12.6. The smallest absolute Gasteiger partial charge is 0.322 e. The van der Waals surface area contributed by atoms with Crippen LogP contribution in [0, 0.1) is 6.92 Å². The van der Waals surface area contributed by atoms with Gasteiger partial charge in [0.1, 0.15) is 0 Å². The van der Waals surface area contributed by atoms with Crippen LogP contribution >= 0.6 is 0 Å². The number of hydrogen-bond acceptors (Lipinski definition) is 5. The molecule has 20 heavy (non-hydrogen) atoms. The summed E-state index contributed by atoms with van der Waals surface area (Å²) in [7, 11) is 0. The molecule has 1 N–H and O–H groups in total. The maximum Gasteiger partial charge on any atom is 0.322 e. The van der Waals surface area contributed by atoms with Crippen LogP contribution in [0.25, 0.3) is 0 Å². The van der Waals surface area contributed by atoms with Crippen molar-refractivity contribution in [2.45, 2.75) is 40.3 Å². The number of nitrogens with one attached hydrogen (secondary N) is 1. The Hall–Kier alpha value is -1.88. The largest absolute Gasteiger partial charge is 0.406 e. The molecule has 1 aromatic carbocycles. The lowest BCUT2D eigenvalue weighted by atomic mass is 10.2. The molecule has 1 heterocycles. The molecule has 0 bridgehead atoms. The van der Waals surface area contributed by atoms with Crippen molar-refractivity contribution in [3.8, 4) is 0 Å². The highest BCUT2D eigenvalue weighted by Crippen LogP contribution is 2.24. The van der Waals surface area contributed by atoms with Gasteiger partial charge in [-0.1, -0.05) is 36.6 Å². The Morgan fingerprint density at radius 3 is 2.50 bits per heavy atom. The second-order valence-electron chi connectivity index (χ2n) is 5.09. The van der Waals surface area contributed by atoms with Crippen LogP contribution in [0.1, 0.15) is 32.2 Å². The molecule has 0 aliphatic carbocycles. The van der Waals surface area contributed by atoms with E-state index in [4.69, 9.17) is 4.42 Å². The second-order valence-corrected chi connectivity index (χ2v) is 5.09. The molecule has 0 atom stereocenters. The van der Waals surface area contributed by atoms with E-state index in [0.717, 1.165) is 12.2 Å². The van der Waals surface area contributed by atoms with Gasteiger partial charge in [0.05, 0.1) is 6.54 Å². The van der Waals surface area contributed by atoms with Crippen molar-refractivity contribution in [1.29, 1.82) is 0 Å². The van der Waals surface area contributed by atoms with Crippen LogP contribution in [0.3, 0.4) is 0 Å². The summed E-state index contributed by atoms with van der Waals surface area (Å²) in [6.45, 7) is 9.68.